The second kappa shape index (κ2) is 8.57. The van der Waals surface area contributed by atoms with E-state index in [-0.39, 0.29) is 17.7 Å². The molecule has 0 bridgehead atoms. The average molecular weight is 377 g/mol. The first-order chi connectivity index (χ1) is 13.7. The molecule has 2 amide bonds. The molecular weight excluding hydrogens is 350 g/mol. The molecule has 1 unspecified atom stereocenters. The van der Waals surface area contributed by atoms with E-state index < -0.39 is 0 Å². The van der Waals surface area contributed by atoms with Crippen LogP contribution in [0.2, 0.25) is 0 Å². The number of likely N-dealkylation sites (tertiary alicyclic amines) is 1. The number of nitrogens with zero attached hydrogens (tertiary/aromatic N) is 1. The molecule has 1 saturated carbocycles. The average Bonchev–Trinajstić information content (AvgIpc) is 3.53. The number of hydrogen-bond donors (Lipinski definition) is 2. The van der Waals surface area contributed by atoms with Crippen molar-refractivity contribution in [2.45, 2.75) is 38.3 Å². The lowest BCUT2D eigenvalue weighted by Gasteiger charge is -2.32. The van der Waals surface area contributed by atoms with Gasteiger partial charge >= 0.3 is 0 Å². The molecule has 0 aromatic heterocycles. The molecular formula is C23H27N3O2. The number of amides is 2. The lowest BCUT2D eigenvalue weighted by molar-refractivity contribution is -0.121. The minimum atomic E-state index is -0.0645. The molecule has 4 rings (SSSR count). The summed E-state index contributed by atoms with van der Waals surface area (Å²) in [6.45, 7) is 2.67. The van der Waals surface area contributed by atoms with Gasteiger partial charge in [0, 0.05) is 30.4 Å². The summed E-state index contributed by atoms with van der Waals surface area (Å²) in [6.07, 6.45) is 4.04. The Morgan fingerprint density at radius 2 is 1.82 bits per heavy atom. The van der Waals surface area contributed by atoms with E-state index in [9.17, 15) is 9.59 Å². The summed E-state index contributed by atoms with van der Waals surface area (Å²) < 4.78 is 0. The Bertz CT molecular complexity index is 833. The highest BCUT2D eigenvalue weighted by Crippen LogP contribution is 2.22. The standard InChI is InChI=1S/C23H27N3O2/c27-22(24-20-11-12-20)18-8-4-10-21(14-18)25-23(28)19-9-5-13-26(16-19)15-17-6-2-1-3-7-17/h1-4,6-8,10,14,19-20H,5,9,11-13,15-16H2,(H,24,27)(H,25,28). The van der Waals surface area contributed by atoms with Crippen LogP contribution >= 0.6 is 0 Å². The number of carbonyl (C=O) groups excluding carboxylic acids is 2. The van der Waals surface area contributed by atoms with Gasteiger partial charge in [-0.2, -0.15) is 0 Å². The van der Waals surface area contributed by atoms with Crippen LogP contribution in [0.1, 0.15) is 41.6 Å². The lowest BCUT2D eigenvalue weighted by Crippen LogP contribution is -2.40. The maximum atomic E-state index is 12.8. The van der Waals surface area contributed by atoms with Crippen LogP contribution in [0.25, 0.3) is 0 Å². The molecule has 5 nitrogen and oxygen atoms in total. The molecule has 2 fully saturated rings. The Morgan fingerprint density at radius 1 is 1.00 bits per heavy atom. The molecule has 0 spiro atoms. The maximum absolute atomic E-state index is 12.8. The third-order valence-electron chi connectivity index (χ3n) is 5.43. The summed E-state index contributed by atoms with van der Waals surface area (Å²) in [5.41, 5.74) is 2.56. The van der Waals surface area contributed by atoms with Crippen LogP contribution < -0.4 is 10.6 Å². The fourth-order valence-electron chi connectivity index (χ4n) is 3.73. The number of anilines is 1. The van der Waals surface area contributed by atoms with E-state index in [4.69, 9.17) is 0 Å². The Labute approximate surface area is 166 Å². The van der Waals surface area contributed by atoms with Crippen LogP contribution in [-0.2, 0) is 11.3 Å². The maximum Gasteiger partial charge on any atom is 0.251 e. The lowest BCUT2D eigenvalue weighted by atomic mass is 9.96. The van der Waals surface area contributed by atoms with Gasteiger partial charge in [-0.25, -0.2) is 0 Å². The molecule has 1 heterocycles. The highest BCUT2D eigenvalue weighted by molar-refractivity contribution is 5.98. The van der Waals surface area contributed by atoms with Crippen LogP contribution in [-0.4, -0.2) is 35.8 Å². The Hall–Kier alpha value is -2.66. The van der Waals surface area contributed by atoms with Crippen molar-refractivity contribution in [2.75, 3.05) is 18.4 Å². The molecule has 1 aliphatic heterocycles. The van der Waals surface area contributed by atoms with E-state index in [2.05, 4.69) is 39.8 Å². The van der Waals surface area contributed by atoms with Gasteiger partial charge in [0.2, 0.25) is 5.91 Å². The summed E-state index contributed by atoms with van der Waals surface area (Å²) >= 11 is 0. The van der Waals surface area contributed by atoms with E-state index >= 15 is 0 Å². The van der Waals surface area contributed by atoms with E-state index in [0.29, 0.717) is 17.3 Å². The molecule has 2 N–H and O–H groups in total. The van der Waals surface area contributed by atoms with Gasteiger partial charge in [0.05, 0.1) is 5.92 Å². The normalized spacial score (nSPS) is 19.8. The number of carbonyl (C=O) groups is 2. The number of piperidine rings is 1. The van der Waals surface area contributed by atoms with Crippen LogP contribution in [0, 0.1) is 5.92 Å². The summed E-state index contributed by atoms with van der Waals surface area (Å²) in [6, 6.07) is 17.9. The van der Waals surface area contributed by atoms with E-state index in [1.807, 2.05) is 18.2 Å². The van der Waals surface area contributed by atoms with Gasteiger partial charge in [0.1, 0.15) is 0 Å². The van der Waals surface area contributed by atoms with Gasteiger partial charge in [0.25, 0.3) is 5.91 Å². The largest absolute Gasteiger partial charge is 0.349 e. The number of rotatable bonds is 6. The fourth-order valence-corrected chi connectivity index (χ4v) is 3.73. The smallest absolute Gasteiger partial charge is 0.251 e. The molecule has 2 aromatic rings. The number of benzene rings is 2. The van der Waals surface area contributed by atoms with Gasteiger partial charge in [-0.15, -0.1) is 0 Å². The zero-order valence-corrected chi connectivity index (χ0v) is 16.1. The minimum Gasteiger partial charge on any atom is -0.349 e. The van der Waals surface area contributed by atoms with Gasteiger partial charge in [-0.1, -0.05) is 36.4 Å². The molecule has 1 saturated heterocycles. The quantitative estimate of drug-likeness (QED) is 0.811. The summed E-state index contributed by atoms with van der Waals surface area (Å²) in [4.78, 5) is 27.4. The summed E-state index contributed by atoms with van der Waals surface area (Å²) in [7, 11) is 0. The third-order valence-corrected chi connectivity index (χ3v) is 5.43. The van der Waals surface area contributed by atoms with Crippen LogP contribution in [0.15, 0.2) is 54.6 Å². The first-order valence-corrected chi connectivity index (χ1v) is 10.2. The first kappa shape index (κ1) is 18.7. The second-order valence-corrected chi connectivity index (χ2v) is 7.88. The van der Waals surface area contributed by atoms with Crippen LogP contribution in [0.5, 0.6) is 0 Å². The fraction of sp³-hybridized carbons (Fsp3) is 0.391. The topological polar surface area (TPSA) is 61.4 Å². The second-order valence-electron chi connectivity index (χ2n) is 7.88. The van der Waals surface area contributed by atoms with Crippen molar-refractivity contribution in [3.63, 3.8) is 0 Å². The predicted molar refractivity (Wildman–Crippen MR) is 110 cm³/mol. The molecule has 2 aromatic carbocycles. The van der Waals surface area contributed by atoms with Crippen LogP contribution in [0.4, 0.5) is 5.69 Å². The Kier molecular flexibility index (Phi) is 5.72. The summed E-state index contributed by atoms with van der Waals surface area (Å²) in [5.74, 6) is -0.0516. The van der Waals surface area contributed by atoms with Crippen molar-refractivity contribution in [1.29, 1.82) is 0 Å². The van der Waals surface area contributed by atoms with Crippen molar-refractivity contribution < 1.29 is 9.59 Å². The van der Waals surface area contributed by atoms with E-state index in [1.165, 1.54) is 5.56 Å². The van der Waals surface area contributed by atoms with E-state index in [0.717, 1.165) is 45.3 Å². The molecule has 2 aliphatic rings. The molecule has 146 valence electrons. The van der Waals surface area contributed by atoms with E-state index in [1.54, 1.807) is 12.1 Å². The van der Waals surface area contributed by atoms with Crippen molar-refractivity contribution in [3.8, 4) is 0 Å². The minimum absolute atomic E-state index is 0.0265. The highest BCUT2D eigenvalue weighted by atomic mass is 16.2. The first-order valence-electron chi connectivity index (χ1n) is 10.2. The monoisotopic (exact) mass is 377 g/mol. The molecule has 1 atom stereocenters. The van der Waals surface area contributed by atoms with Gasteiger partial charge in [-0.05, 0) is 56.0 Å². The predicted octanol–water partition coefficient (Wildman–Crippen LogP) is 3.43. The van der Waals surface area contributed by atoms with Crippen molar-refractivity contribution >= 4 is 17.5 Å². The summed E-state index contributed by atoms with van der Waals surface area (Å²) in [5, 5.41) is 6.00. The molecule has 5 heteroatoms. The van der Waals surface area contributed by atoms with Gasteiger partial charge < -0.3 is 10.6 Å². The molecule has 0 radical (unpaired) electrons. The molecule has 28 heavy (non-hydrogen) atoms. The third kappa shape index (κ3) is 4.98. The number of hydrogen-bond acceptors (Lipinski definition) is 3. The van der Waals surface area contributed by atoms with Crippen molar-refractivity contribution in [3.05, 3.63) is 65.7 Å². The zero-order valence-electron chi connectivity index (χ0n) is 16.1. The number of nitrogens with one attached hydrogen (secondary N) is 2. The van der Waals surface area contributed by atoms with Gasteiger partial charge in [-0.3, -0.25) is 14.5 Å². The molecule has 1 aliphatic carbocycles. The van der Waals surface area contributed by atoms with Crippen molar-refractivity contribution in [1.82, 2.24) is 10.2 Å². The SMILES string of the molecule is O=C(NC1CC1)c1cccc(NC(=O)C2CCCN(Cc3ccccc3)C2)c1. The van der Waals surface area contributed by atoms with Crippen LogP contribution in [0.3, 0.4) is 0 Å². The Balaban J connectivity index is 1.34. The highest BCUT2D eigenvalue weighted by Gasteiger charge is 2.26. The Morgan fingerprint density at radius 3 is 2.61 bits per heavy atom. The van der Waals surface area contributed by atoms with Gasteiger partial charge in [0.15, 0.2) is 0 Å². The zero-order chi connectivity index (χ0) is 19.3. The van der Waals surface area contributed by atoms with Crippen molar-refractivity contribution in [2.24, 2.45) is 5.92 Å².